The van der Waals surface area contributed by atoms with Crippen molar-refractivity contribution in [3.05, 3.63) is 0 Å². The summed E-state index contributed by atoms with van der Waals surface area (Å²) in [7, 11) is 0. The van der Waals surface area contributed by atoms with Crippen LogP contribution in [0, 0.1) is 0 Å². The fourth-order valence-electron chi connectivity index (χ4n) is 1.63. The number of carboxylic acid groups (broad SMARTS) is 6. The quantitative estimate of drug-likeness (QED) is 0.103. The number of hydrogen-bond acceptors (Lipinski definition) is 21. The molecule has 0 heterocycles. The van der Waals surface area contributed by atoms with E-state index in [1.54, 1.807) is 0 Å². The molecule has 0 aliphatic rings. The monoisotopic (exact) mass is 624 g/mol. The van der Waals surface area contributed by atoms with E-state index in [1.165, 1.54) is 0 Å². The first-order valence-corrected chi connectivity index (χ1v) is 9.39. The minimum Gasteiger partial charge on any atom is -0.547 e. The van der Waals surface area contributed by atoms with Crippen LogP contribution in [0.4, 0.5) is 0 Å². The Labute approximate surface area is 249 Å². The number of ether oxygens (including phenoxy) is 3. The maximum absolute atomic E-state index is 10.2. The van der Waals surface area contributed by atoms with E-state index >= 15 is 0 Å². The van der Waals surface area contributed by atoms with Crippen LogP contribution in [0.5, 0.6) is 0 Å². The van der Waals surface area contributed by atoms with Gasteiger partial charge in [0.2, 0.25) is 0 Å². The van der Waals surface area contributed by atoms with Crippen molar-refractivity contribution < 1.29 is 103 Å². The summed E-state index contributed by atoms with van der Waals surface area (Å²) in [4.78, 5) is 91.1. The molecular weight excluding hydrogens is 606 g/mol. The van der Waals surface area contributed by atoms with Gasteiger partial charge in [-0.25, -0.2) is 0 Å². The molecule has 0 aliphatic heterocycles. The third-order valence-corrected chi connectivity index (χ3v) is 3.16. The summed E-state index contributed by atoms with van der Waals surface area (Å²) < 4.78 is 11.9. The molecule has 6 unspecified atom stereocenters. The largest absolute Gasteiger partial charge is 3.00 e. The summed E-state index contributed by atoms with van der Waals surface area (Å²) in [5.74, 6) is -15.3. The van der Waals surface area contributed by atoms with Crippen molar-refractivity contribution in [2.24, 2.45) is 0 Å². The van der Waals surface area contributed by atoms with Gasteiger partial charge in [-0.15, -0.1) is 0 Å². The first-order chi connectivity index (χ1) is 17.6. The van der Waals surface area contributed by atoms with E-state index in [4.69, 9.17) is 15.3 Å². The molecule has 222 valence electrons. The molecule has 6 atom stereocenters. The van der Waals surface area contributed by atoms with E-state index in [2.05, 4.69) is 14.2 Å². The summed E-state index contributed by atoms with van der Waals surface area (Å²) >= 11 is 0. The van der Waals surface area contributed by atoms with Crippen LogP contribution < -0.4 is 30.6 Å². The van der Waals surface area contributed by atoms with Gasteiger partial charge in [0, 0.05) is 20.8 Å². The van der Waals surface area contributed by atoms with Crippen LogP contribution in [0.3, 0.4) is 0 Å². The number of hydrogen-bond donors (Lipinski definition) is 3. The first kappa shape index (κ1) is 47.0. The number of carbonyl (C=O) groups excluding carboxylic acids is 9. The predicted molar refractivity (Wildman–Crippen MR) is 106 cm³/mol. The Kier molecular flexibility index (Phi) is 26.3. The number of carbonyl (C=O) groups is 9. The van der Waals surface area contributed by atoms with Crippen LogP contribution in [-0.4, -0.2) is 140 Å². The van der Waals surface area contributed by atoms with E-state index in [-0.39, 0.29) is 34.7 Å². The van der Waals surface area contributed by atoms with E-state index in [9.17, 15) is 73.8 Å². The van der Waals surface area contributed by atoms with Crippen molar-refractivity contribution in [3.8, 4) is 0 Å². The Balaban J connectivity index is -0.000000154. The number of rotatable bonds is 12. The van der Waals surface area contributed by atoms with Gasteiger partial charge >= 0.3 is 52.6 Å². The smallest absolute Gasteiger partial charge is 0.547 e. The van der Waals surface area contributed by atoms with Crippen molar-refractivity contribution in [2.75, 3.05) is 0 Å². The van der Waals surface area contributed by atoms with Crippen LogP contribution in [-0.2, 0) is 57.4 Å². The zero-order chi connectivity index (χ0) is 31.8. The number of esters is 3. The molecule has 3 N–H and O–H groups in total. The van der Waals surface area contributed by atoms with Gasteiger partial charge in [0.05, 0.1) is 35.8 Å². The molecule has 21 nitrogen and oxygen atoms in total. The second kappa shape index (κ2) is 22.9. The zero-order valence-corrected chi connectivity index (χ0v) is 23.1. The van der Waals surface area contributed by atoms with Gasteiger partial charge in [0.25, 0.3) is 0 Å². The van der Waals surface area contributed by atoms with E-state index < -0.39 is 90.3 Å². The number of aliphatic hydroxyl groups excluding tert-OH is 3. The van der Waals surface area contributed by atoms with Gasteiger partial charge in [0.15, 0.2) is 18.3 Å². The maximum Gasteiger partial charge on any atom is 3.00 e. The first-order valence-electron chi connectivity index (χ1n) is 9.39. The molecular formula is C18H18Al2O21. The molecule has 0 aromatic rings. The molecule has 0 spiro atoms. The molecule has 0 aliphatic carbocycles. The number of carboxylic acids is 6. The Hall–Kier alpha value is -3.83. The second-order valence-corrected chi connectivity index (χ2v) is 6.34. The molecule has 0 saturated heterocycles. The van der Waals surface area contributed by atoms with Crippen molar-refractivity contribution in [1.29, 1.82) is 0 Å². The summed E-state index contributed by atoms with van der Waals surface area (Å²) in [5, 5.41) is 86.3. The Morgan fingerprint density at radius 3 is 0.634 bits per heavy atom. The topological polar surface area (TPSA) is 380 Å². The van der Waals surface area contributed by atoms with Gasteiger partial charge in [0.1, 0.15) is 18.3 Å². The summed E-state index contributed by atoms with van der Waals surface area (Å²) in [6, 6.07) is 0. The fraction of sp³-hybridized carbons (Fsp3) is 0.500. The van der Waals surface area contributed by atoms with Crippen LogP contribution in [0.15, 0.2) is 0 Å². The molecule has 0 amide bonds. The van der Waals surface area contributed by atoms with Gasteiger partial charge in [-0.05, 0) is 0 Å². The van der Waals surface area contributed by atoms with E-state index in [0.29, 0.717) is 0 Å². The average molecular weight is 624 g/mol. The van der Waals surface area contributed by atoms with Crippen LogP contribution >= 0.6 is 0 Å². The predicted octanol–water partition coefficient (Wildman–Crippen LogP) is -13.4. The third kappa shape index (κ3) is 21.7. The third-order valence-electron chi connectivity index (χ3n) is 3.16. The molecule has 41 heavy (non-hydrogen) atoms. The van der Waals surface area contributed by atoms with Gasteiger partial charge in [-0.2, -0.15) is 0 Å². The molecule has 0 fully saturated rings. The van der Waals surface area contributed by atoms with E-state index in [1.807, 2.05) is 0 Å². The summed E-state index contributed by atoms with van der Waals surface area (Å²) in [6.45, 7) is 2.58. The van der Waals surface area contributed by atoms with Gasteiger partial charge in [-0.1, -0.05) is 0 Å². The molecule has 0 rings (SSSR count). The minimum absolute atomic E-state index is 0. The normalized spacial score (nSPS) is 13.6. The molecule has 0 radical (unpaired) electrons. The van der Waals surface area contributed by atoms with Crippen LogP contribution in [0.1, 0.15) is 20.8 Å². The van der Waals surface area contributed by atoms with E-state index in [0.717, 1.165) is 20.8 Å². The Morgan fingerprint density at radius 1 is 0.415 bits per heavy atom. The molecule has 0 saturated carbocycles. The Morgan fingerprint density at radius 2 is 0.561 bits per heavy atom. The Bertz CT molecular complexity index is 830. The number of aliphatic carboxylic acids is 6. The number of aliphatic hydroxyl groups is 3. The van der Waals surface area contributed by atoms with Crippen molar-refractivity contribution in [2.45, 2.75) is 57.4 Å². The standard InChI is InChI=1S/3C6H8O7.2Al/c3*1-2(7)13-4(6(11)12)3(8)5(9)10;;/h3*3-4,8H,1H3,(H,9,10)(H,11,12);;/q;;;2*+3/p-6. The molecule has 0 aromatic carbocycles. The second-order valence-electron chi connectivity index (χ2n) is 6.34. The summed E-state index contributed by atoms with van der Waals surface area (Å²) in [6.07, 6.45) is -14.1. The van der Waals surface area contributed by atoms with Crippen molar-refractivity contribution >= 4 is 88.4 Å². The maximum atomic E-state index is 10.2. The minimum atomic E-state index is -2.44. The molecule has 0 bridgehead atoms. The van der Waals surface area contributed by atoms with Crippen LogP contribution in [0.25, 0.3) is 0 Å². The summed E-state index contributed by atoms with van der Waals surface area (Å²) in [5.41, 5.74) is 0. The van der Waals surface area contributed by atoms with Crippen molar-refractivity contribution in [1.82, 2.24) is 0 Å². The molecule has 0 aromatic heterocycles. The molecule has 23 heteroatoms. The van der Waals surface area contributed by atoms with Gasteiger partial charge in [-0.3, -0.25) is 14.4 Å². The SMILES string of the molecule is CC(=O)OC(C(=O)[O-])C(O)C(=O)[O-].CC(=O)OC(C(=O)[O-])C(O)C(=O)[O-].CC(=O)OC(C(=O)[O-])C(O)C(=O)[O-].[Al+3].[Al+3]. The average Bonchev–Trinajstić information content (AvgIpc) is 2.77. The van der Waals surface area contributed by atoms with Crippen molar-refractivity contribution in [3.63, 3.8) is 0 Å². The fourth-order valence-corrected chi connectivity index (χ4v) is 1.63. The zero-order valence-electron chi connectivity index (χ0n) is 20.8. The van der Waals surface area contributed by atoms with Gasteiger partial charge < -0.3 is 88.9 Å². The van der Waals surface area contributed by atoms with Crippen LogP contribution in [0.2, 0.25) is 0 Å².